The summed E-state index contributed by atoms with van der Waals surface area (Å²) >= 11 is 0. The van der Waals surface area contributed by atoms with Gasteiger partial charge in [0.25, 0.3) is 0 Å². The van der Waals surface area contributed by atoms with Crippen LogP contribution < -0.4 is 4.74 Å². The van der Waals surface area contributed by atoms with Gasteiger partial charge in [-0.3, -0.25) is 4.79 Å². The maximum atomic E-state index is 12.3. The summed E-state index contributed by atoms with van der Waals surface area (Å²) in [6.45, 7) is 3.81. The number of ether oxygens (including phenoxy) is 1. The summed E-state index contributed by atoms with van der Waals surface area (Å²) in [4.78, 5) is 15.3. The van der Waals surface area contributed by atoms with Gasteiger partial charge in [0, 0.05) is 28.9 Å². The van der Waals surface area contributed by atoms with Crippen LogP contribution >= 0.6 is 0 Å². The van der Waals surface area contributed by atoms with Gasteiger partial charge in [0.1, 0.15) is 11.0 Å². The minimum absolute atomic E-state index is 0.375. The van der Waals surface area contributed by atoms with E-state index in [-0.39, 0.29) is 0 Å². The van der Waals surface area contributed by atoms with E-state index in [1.54, 1.807) is 18.3 Å². The minimum Gasteiger partial charge on any atom is -0.494 e. The van der Waals surface area contributed by atoms with Gasteiger partial charge in [0.15, 0.2) is 15.6 Å². The summed E-state index contributed by atoms with van der Waals surface area (Å²) in [5.74, 6) is 0.244. The molecular formula is C14H17NO4S. The van der Waals surface area contributed by atoms with Crippen LogP contribution in [-0.4, -0.2) is 37.3 Å². The van der Waals surface area contributed by atoms with Crippen molar-refractivity contribution in [3.8, 4) is 5.75 Å². The fourth-order valence-corrected chi connectivity index (χ4v) is 2.49. The minimum atomic E-state index is -3.41. The molecule has 2 rings (SSSR count). The second-order valence-electron chi connectivity index (χ2n) is 4.68. The Morgan fingerprint density at radius 2 is 2.10 bits per heavy atom. The van der Waals surface area contributed by atoms with Crippen LogP contribution in [0.4, 0.5) is 0 Å². The van der Waals surface area contributed by atoms with Gasteiger partial charge in [-0.25, -0.2) is 8.42 Å². The number of benzene rings is 1. The summed E-state index contributed by atoms with van der Waals surface area (Å²) < 4.78 is 28.4. The number of sulfone groups is 1. The first-order chi connectivity index (χ1) is 9.34. The van der Waals surface area contributed by atoms with E-state index in [1.165, 1.54) is 6.92 Å². The van der Waals surface area contributed by atoms with Crippen molar-refractivity contribution in [1.29, 1.82) is 0 Å². The summed E-state index contributed by atoms with van der Waals surface area (Å²) in [7, 11) is -3.41. The van der Waals surface area contributed by atoms with Crippen LogP contribution in [0.3, 0.4) is 0 Å². The van der Waals surface area contributed by atoms with Crippen molar-refractivity contribution in [3.05, 3.63) is 30.0 Å². The van der Waals surface area contributed by atoms with Crippen molar-refractivity contribution in [2.45, 2.75) is 19.1 Å². The Kier molecular flexibility index (Phi) is 3.85. The lowest BCUT2D eigenvalue weighted by Gasteiger charge is -2.08. The number of H-pyrrole nitrogens is 1. The number of rotatable bonds is 5. The van der Waals surface area contributed by atoms with Crippen LogP contribution in [0.25, 0.3) is 10.9 Å². The van der Waals surface area contributed by atoms with E-state index < -0.39 is 20.9 Å². The Balaban J connectivity index is 2.49. The maximum Gasteiger partial charge on any atom is 0.182 e. The van der Waals surface area contributed by atoms with Crippen molar-refractivity contribution >= 4 is 26.5 Å². The number of hydrogen-bond donors (Lipinski definition) is 1. The molecule has 0 aliphatic heterocycles. The number of carbonyl (C=O) groups is 1. The van der Waals surface area contributed by atoms with Gasteiger partial charge >= 0.3 is 0 Å². The first-order valence-electron chi connectivity index (χ1n) is 6.31. The zero-order valence-corrected chi connectivity index (χ0v) is 12.5. The molecule has 0 aliphatic carbocycles. The van der Waals surface area contributed by atoms with Crippen molar-refractivity contribution in [3.63, 3.8) is 0 Å². The summed E-state index contributed by atoms with van der Waals surface area (Å²) in [6, 6.07) is 5.36. The summed E-state index contributed by atoms with van der Waals surface area (Å²) in [5.41, 5.74) is 1.15. The maximum absolute atomic E-state index is 12.3. The Bertz CT molecular complexity index is 746. The van der Waals surface area contributed by atoms with Crippen LogP contribution in [0.2, 0.25) is 0 Å². The first-order valence-corrected chi connectivity index (χ1v) is 8.27. The Hall–Kier alpha value is -1.82. The molecule has 1 unspecified atom stereocenters. The highest BCUT2D eigenvalue weighted by atomic mass is 32.2. The molecule has 5 nitrogen and oxygen atoms in total. The molecule has 2 aromatic rings. The average molecular weight is 295 g/mol. The highest BCUT2D eigenvalue weighted by molar-refractivity contribution is 7.92. The molecule has 0 bridgehead atoms. The van der Waals surface area contributed by atoms with Crippen LogP contribution in [-0.2, 0) is 9.84 Å². The Morgan fingerprint density at radius 1 is 1.40 bits per heavy atom. The van der Waals surface area contributed by atoms with E-state index in [0.717, 1.165) is 11.8 Å². The molecule has 1 aromatic heterocycles. The molecule has 0 saturated heterocycles. The van der Waals surface area contributed by atoms with Crippen molar-refractivity contribution in [1.82, 2.24) is 4.98 Å². The monoisotopic (exact) mass is 295 g/mol. The predicted molar refractivity (Wildman–Crippen MR) is 78.1 cm³/mol. The normalized spacial score (nSPS) is 13.3. The lowest BCUT2D eigenvalue weighted by molar-refractivity contribution is 0.0993. The molecule has 108 valence electrons. The van der Waals surface area contributed by atoms with Gasteiger partial charge in [-0.1, -0.05) is 0 Å². The predicted octanol–water partition coefficient (Wildman–Crippen LogP) is 2.18. The standard InChI is InChI=1S/C14H17NO4S/c1-4-19-10-5-6-13-11(7-10)12(8-15-13)14(16)9(2)20(3,17)18/h5-9,15H,4H2,1-3H3. The van der Waals surface area contributed by atoms with Gasteiger partial charge < -0.3 is 9.72 Å². The number of aromatic nitrogens is 1. The fraction of sp³-hybridized carbons (Fsp3) is 0.357. The largest absolute Gasteiger partial charge is 0.494 e. The molecule has 0 fully saturated rings. The van der Waals surface area contributed by atoms with Crippen molar-refractivity contribution < 1.29 is 17.9 Å². The summed E-state index contributed by atoms with van der Waals surface area (Å²) in [5, 5.41) is -0.381. The highest BCUT2D eigenvalue weighted by Gasteiger charge is 2.26. The molecule has 0 saturated carbocycles. The van der Waals surface area contributed by atoms with E-state index in [1.807, 2.05) is 13.0 Å². The van der Waals surface area contributed by atoms with Crippen LogP contribution in [0.5, 0.6) is 5.75 Å². The smallest absolute Gasteiger partial charge is 0.182 e. The second-order valence-corrected chi connectivity index (χ2v) is 7.04. The third-order valence-electron chi connectivity index (χ3n) is 3.24. The molecule has 6 heteroatoms. The second kappa shape index (κ2) is 5.28. The van der Waals surface area contributed by atoms with E-state index in [9.17, 15) is 13.2 Å². The molecule has 1 N–H and O–H groups in total. The molecule has 1 aromatic carbocycles. The average Bonchev–Trinajstić information content (AvgIpc) is 2.79. The van der Waals surface area contributed by atoms with Gasteiger partial charge in [-0.05, 0) is 32.0 Å². The molecular weight excluding hydrogens is 278 g/mol. The SMILES string of the molecule is CCOc1ccc2[nH]cc(C(=O)C(C)S(C)(=O)=O)c2c1. The van der Waals surface area contributed by atoms with Crippen LogP contribution in [0.15, 0.2) is 24.4 Å². The third kappa shape index (κ3) is 2.70. The van der Waals surface area contributed by atoms with E-state index in [2.05, 4.69) is 4.98 Å². The Morgan fingerprint density at radius 3 is 2.70 bits per heavy atom. The van der Waals surface area contributed by atoms with E-state index >= 15 is 0 Å². The number of fused-ring (bicyclic) bond motifs is 1. The van der Waals surface area contributed by atoms with Gasteiger partial charge in [0.05, 0.1) is 6.61 Å². The zero-order chi connectivity index (χ0) is 14.9. The number of aromatic amines is 1. The molecule has 0 amide bonds. The molecule has 20 heavy (non-hydrogen) atoms. The lowest BCUT2D eigenvalue weighted by atomic mass is 10.1. The molecule has 1 atom stereocenters. The topological polar surface area (TPSA) is 76.2 Å². The number of nitrogens with one attached hydrogen (secondary N) is 1. The van der Waals surface area contributed by atoms with E-state index in [0.29, 0.717) is 23.3 Å². The highest BCUT2D eigenvalue weighted by Crippen LogP contribution is 2.25. The third-order valence-corrected chi connectivity index (χ3v) is 4.74. The van der Waals surface area contributed by atoms with Gasteiger partial charge in [-0.15, -0.1) is 0 Å². The molecule has 0 aliphatic rings. The van der Waals surface area contributed by atoms with Gasteiger partial charge in [0.2, 0.25) is 0 Å². The summed E-state index contributed by atoms with van der Waals surface area (Å²) in [6.07, 6.45) is 2.61. The van der Waals surface area contributed by atoms with Gasteiger partial charge in [-0.2, -0.15) is 0 Å². The zero-order valence-electron chi connectivity index (χ0n) is 11.6. The van der Waals surface area contributed by atoms with E-state index in [4.69, 9.17) is 4.74 Å². The molecule has 0 radical (unpaired) electrons. The lowest BCUT2D eigenvalue weighted by Crippen LogP contribution is -2.26. The van der Waals surface area contributed by atoms with Crippen LogP contribution in [0, 0.1) is 0 Å². The number of ketones is 1. The van der Waals surface area contributed by atoms with Crippen LogP contribution in [0.1, 0.15) is 24.2 Å². The van der Waals surface area contributed by atoms with Crippen molar-refractivity contribution in [2.75, 3.05) is 12.9 Å². The molecule has 1 heterocycles. The number of hydrogen-bond acceptors (Lipinski definition) is 4. The first kappa shape index (κ1) is 14.6. The quantitative estimate of drug-likeness (QED) is 0.858. The molecule has 0 spiro atoms. The number of carbonyl (C=O) groups excluding carboxylic acids is 1. The van der Waals surface area contributed by atoms with Crippen molar-refractivity contribution in [2.24, 2.45) is 0 Å². The number of Topliss-reactive ketones (excluding diaryl/α,β-unsaturated/α-hetero) is 1. The fourth-order valence-electron chi connectivity index (χ4n) is 1.97. The Labute approximate surface area is 117 Å².